The molecule has 0 unspecified atom stereocenters. The molecule has 0 saturated heterocycles. The molecule has 1 aliphatic heterocycles. The van der Waals surface area contributed by atoms with Crippen molar-refractivity contribution in [3.8, 4) is 5.75 Å². The molecule has 2 amide bonds. The van der Waals surface area contributed by atoms with Crippen LogP contribution in [0.5, 0.6) is 5.75 Å². The van der Waals surface area contributed by atoms with Gasteiger partial charge in [0.05, 0.1) is 10.6 Å². The van der Waals surface area contributed by atoms with Crippen molar-refractivity contribution >= 4 is 33.2 Å². The number of hydrogen-bond acceptors (Lipinski definition) is 5. The Morgan fingerprint density at radius 2 is 1.92 bits per heavy atom. The number of sulfonamides is 1. The van der Waals surface area contributed by atoms with E-state index in [1.807, 2.05) is 0 Å². The van der Waals surface area contributed by atoms with Crippen LogP contribution >= 0.6 is 0 Å². The summed E-state index contributed by atoms with van der Waals surface area (Å²) in [5.41, 5.74) is 1.26. The third-order valence-electron chi connectivity index (χ3n) is 3.63. The fraction of sp³-hybridized carbons (Fsp3) is 0.176. The summed E-state index contributed by atoms with van der Waals surface area (Å²) in [6, 6.07) is 10.5. The van der Waals surface area contributed by atoms with Crippen LogP contribution < -0.4 is 20.1 Å². The number of nitrogens with one attached hydrogen (secondary N) is 3. The molecular formula is C17H17N3O5S. The van der Waals surface area contributed by atoms with E-state index in [0.717, 1.165) is 0 Å². The molecule has 1 heterocycles. The minimum Gasteiger partial charge on any atom is -0.482 e. The summed E-state index contributed by atoms with van der Waals surface area (Å²) in [5, 5.41) is 5.36. The van der Waals surface area contributed by atoms with Crippen molar-refractivity contribution in [2.75, 3.05) is 23.8 Å². The molecule has 0 aromatic heterocycles. The van der Waals surface area contributed by atoms with E-state index >= 15 is 0 Å². The molecule has 0 aliphatic carbocycles. The van der Waals surface area contributed by atoms with Gasteiger partial charge < -0.3 is 15.4 Å². The van der Waals surface area contributed by atoms with Crippen molar-refractivity contribution in [3.05, 3.63) is 48.0 Å². The lowest BCUT2D eigenvalue weighted by Crippen LogP contribution is -2.25. The van der Waals surface area contributed by atoms with E-state index in [1.54, 1.807) is 25.1 Å². The molecule has 8 nitrogen and oxygen atoms in total. The third kappa shape index (κ3) is 3.84. The maximum Gasteiger partial charge on any atom is 0.262 e. The van der Waals surface area contributed by atoms with Crippen LogP contribution in [-0.4, -0.2) is 33.4 Å². The molecule has 9 heteroatoms. The first-order chi connectivity index (χ1) is 12.4. The highest BCUT2D eigenvalue weighted by Gasteiger charge is 2.17. The van der Waals surface area contributed by atoms with E-state index < -0.39 is 15.9 Å². The van der Waals surface area contributed by atoms with Gasteiger partial charge in [-0.3, -0.25) is 9.59 Å². The fourth-order valence-corrected chi connectivity index (χ4v) is 3.46. The highest BCUT2D eigenvalue weighted by molar-refractivity contribution is 7.89. The second-order valence-corrected chi connectivity index (χ2v) is 7.29. The van der Waals surface area contributed by atoms with Crippen molar-refractivity contribution < 1.29 is 22.7 Å². The molecule has 0 atom stereocenters. The highest BCUT2D eigenvalue weighted by Crippen LogP contribution is 2.30. The smallest absolute Gasteiger partial charge is 0.262 e. The summed E-state index contributed by atoms with van der Waals surface area (Å²) >= 11 is 0. The van der Waals surface area contributed by atoms with Crippen molar-refractivity contribution in [2.45, 2.75) is 11.8 Å². The van der Waals surface area contributed by atoms with Crippen molar-refractivity contribution in [1.82, 2.24) is 4.72 Å². The molecule has 1 aliphatic rings. The van der Waals surface area contributed by atoms with Gasteiger partial charge in [0, 0.05) is 17.8 Å². The van der Waals surface area contributed by atoms with Crippen LogP contribution in [0.3, 0.4) is 0 Å². The SMILES string of the molecule is CCNS(=O)(=O)c1ccc(C(=O)Nc2ccc3c(c2)NC(=O)CO3)cc1. The zero-order chi connectivity index (χ0) is 18.7. The van der Waals surface area contributed by atoms with Crippen LogP contribution in [0.2, 0.25) is 0 Å². The second kappa shape index (κ2) is 7.14. The summed E-state index contributed by atoms with van der Waals surface area (Å²) < 4.78 is 31.5. The number of ether oxygens (including phenoxy) is 1. The first kappa shape index (κ1) is 17.9. The van der Waals surface area contributed by atoms with Crippen LogP contribution in [0.1, 0.15) is 17.3 Å². The number of carbonyl (C=O) groups excluding carboxylic acids is 2. The van der Waals surface area contributed by atoms with Gasteiger partial charge >= 0.3 is 0 Å². The Kier molecular flexibility index (Phi) is 4.92. The minimum absolute atomic E-state index is 0.0408. The summed E-state index contributed by atoms with van der Waals surface area (Å²) in [4.78, 5) is 23.8. The van der Waals surface area contributed by atoms with Crippen LogP contribution in [0.15, 0.2) is 47.4 Å². The minimum atomic E-state index is -3.56. The van der Waals surface area contributed by atoms with Gasteiger partial charge in [-0.15, -0.1) is 0 Å². The lowest BCUT2D eigenvalue weighted by Gasteiger charge is -2.18. The maximum absolute atomic E-state index is 12.3. The molecule has 2 aromatic rings. The lowest BCUT2D eigenvalue weighted by molar-refractivity contribution is -0.118. The Hall–Kier alpha value is -2.91. The van der Waals surface area contributed by atoms with Crippen LogP contribution in [0.25, 0.3) is 0 Å². The number of rotatable bonds is 5. The molecular weight excluding hydrogens is 358 g/mol. The quantitative estimate of drug-likeness (QED) is 0.734. The zero-order valence-electron chi connectivity index (χ0n) is 13.9. The monoisotopic (exact) mass is 375 g/mol. The molecule has 0 bridgehead atoms. The summed E-state index contributed by atoms with van der Waals surface area (Å²) in [7, 11) is -3.56. The molecule has 3 N–H and O–H groups in total. The van der Waals surface area contributed by atoms with Crippen molar-refractivity contribution in [1.29, 1.82) is 0 Å². The van der Waals surface area contributed by atoms with Crippen LogP contribution in [-0.2, 0) is 14.8 Å². The molecule has 0 fully saturated rings. The van der Waals surface area contributed by atoms with Crippen LogP contribution in [0, 0.1) is 0 Å². The number of hydrogen-bond donors (Lipinski definition) is 3. The molecule has 0 radical (unpaired) electrons. The van der Waals surface area contributed by atoms with E-state index in [9.17, 15) is 18.0 Å². The van der Waals surface area contributed by atoms with E-state index in [2.05, 4.69) is 15.4 Å². The Labute approximate surface area is 150 Å². The number of amides is 2. The standard InChI is InChI=1S/C17H17N3O5S/c1-2-18-26(23,24)13-6-3-11(4-7-13)17(22)19-12-5-8-15-14(9-12)20-16(21)10-25-15/h3-9,18H,2,10H2,1H3,(H,19,22)(H,20,21). The van der Waals surface area contributed by atoms with Gasteiger partial charge in [-0.05, 0) is 42.5 Å². The Bertz CT molecular complexity index is 955. The normalized spacial score (nSPS) is 13.3. The van der Waals surface area contributed by atoms with Gasteiger partial charge in [-0.25, -0.2) is 13.1 Å². The third-order valence-corrected chi connectivity index (χ3v) is 5.19. The topological polar surface area (TPSA) is 114 Å². The summed E-state index contributed by atoms with van der Waals surface area (Å²) in [5.74, 6) is -0.139. The summed E-state index contributed by atoms with van der Waals surface area (Å²) in [6.07, 6.45) is 0. The van der Waals surface area contributed by atoms with Gasteiger partial charge in [-0.1, -0.05) is 6.92 Å². The molecule has 0 saturated carbocycles. The predicted octanol–water partition coefficient (Wildman–Crippen LogP) is 1.57. The summed E-state index contributed by atoms with van der Waals surface area (Å²) in [6.45, 7) is 1.93. The van der Waals surface area contributed by atoms with Gasteiger partial charge in [0.15, 0.2) is 6.61 Å². The van der Waals surface area contributed by atoms with E-state index in [1.165, 1.54) is 24.3 Å². The van der Waals surface area contributed by atoms with E-state index in [-0.39, 0.29) is 24.0 Å². The molecule has 3 rings (SSSR count). The average Bonchev–Trinajstić information content (AvgIpc) is 2.61. The van der Waals surface area contributed by atoms with Gasteiger partial charge in [0.2, 0.25) is 10.0 Å². The second-order valence-electron chi connectivity index (χ2n) is 5.53. The van der Waals surface area contributed by atoms with Gasteiger partial charge in [-0.2, -0.15) is 0 Å². The van der Waals surface area contributed by atoms with Crippen molar-refractivity contribution in [3.63, 3.8) is 0 Å². The highest BCUT2D eigenvalue weighted by atomic mass is 32.2. The maximum atomic E-state index is 12.3. The van der Waals surface area contributed by atoms with E-state index in [4.69, 9.17) is 4.74 Å². The van der Waals surface area contributed by atoms with Gasteiger partial charge in [0.25, 0.3) is 11.8 Å². The van der Waals surface area contributed by atoms with E-state index in [0.29, 0.717) is 22.7 Å². The van der Waals surface area contributed by atoms with Gasteiger partial charge in [0.1, 0.15) is 5.75 Å². The molecule has 2 aromatic carbocycles. The number of carbonyl (C=O) groups is 2. The Morgan fingerprint density at radius 1 is 1.19 bits per heavy atom. The number of benzene rings is 2. The largest absolute Gasteiger partial charge is 0.482 e. The average molecular weight is 375 g/mol. The predicted molar refractivity (Wildman–Crippen MR) is 95.8 cm³/mol. The molecule has 26 heavy (non-hydrogen) atoms. The number of fused-ring (bicyclic) bond motifs is 1. The lowest BCUT2D eigenvalue weighted by atomic mass is 10.2. The first-order valence-corrected chi connectivity index (χ1v) is 9.35. The molecule has 136 valence electrons. The first-order valence-electron chi connectivity index (χ1n) is 7.87. The fourth-order valence-electron chi connectivity index (χ4n) is 2.42. The van der Waals surface area contributed by atoms with Crippen LogP contribution in [0.4, 0.5) is 11.4 Å². The number of anilines is 2. The molecule has 0 spiro atoms. The zero-order valence-corrected chi connectivity index (χ0v) is 14.7. The van der Waals surface area contributed by atoms with Crippen molar-refractivity contribution in [2.24, 2.45) is 0 Å². The Balaban J connectivity index is 1.74. The Morgan fingerprint density at radius 3 is 2.62 bits per heavy atom.